The number of aromatic nitrogens is 3. The van der Waals surface area contributed by atoms with Crippen molar-refractivity contribution in [2.45, 2.75) is 6.92 Å². The van der Waals surface area contributed by atoms with Crippen LogP contribution in [0.4, 0.5) is 4.39 Å². The molecule has 1 N–H and O–H groups in total. The Labute approximate surface area is 85.2 Å². The molecular formula is C10H8FN3O. The van der Waals surface area contributed by atoms with Crippen molar-refractivity contribution >= 4 is 6.29 Å². The van der Waals surface area contributed by atoms with Crippen LogP contribution in [0.5, 0.6) is 0 Å². The summed E-state index contributed by atoms with van der Waals surface area (Å²) in [6.07, 6.45) is 1.74. The molecule has 0 aliphatic rings. The summed E-state index contributed by atoms with van der Waals surface area (Å²) < 4.78 is 12.6. The second-order valence-corrected chi connectivity index (χ2v) is 3.08. The van der Waals surface area contributed by atoms with Gasteiger partial charge in [0.15, 0.2) is 12.1 Å². The van der Waals surface area contributed by atoms with Gasteiger partial charge in [0, 0.05) is 5.69 Å². The van der Waals surface area contributed by atoms with Crippen molar-refractivity contribution < 1.29 is 9.18 Å². The highest BCUT2D eigenvalue weighted by Crippen LogP contribution is 2.18. The van der Waals surface area contributed by atoms with Crippen LogP contribution in [0, 0.1) is 12.7 Å². The van der Waals surface area contributed by atoms with E-state index in [0.717, 1.165) is 11.9 Å². The quantitative estimate of drug-likeness (QED) is 0.759. The molecule has 15 heavy (non-hydrogen) atoms. The van der Waals surface area contributed by atoms with E-state index in [2.05, 4.69) is 15.0 Å². The first-order valence-corrected chi connectivity index (χ1v) is 4.34. The molecule has 0 atom stereocenters. The fourth-order valence-corrected chi connectivity index (χ4v) is 1.30. The Hall–Kier alpha value is -2.04. The minimum Gasteiger partial charge on any atom is -0.339 e. The third-order valence-electron chi connectivity index (χ3n) is 1.98. The molecule has 0 saturated heterocycles. The molecule has 2 rings (SSSR count). The maximum Gasteiger partial charge on any atom is 0.185 e. The van der Waals surface area contributed by atoms with Crippen LogP contribution in [0.3, 0.4) is 0 Å². The highest BCUT2D eigenvalue weighted by molar-refractivity contribution is 5.72. The van der Waals surface area contributed by atoms with Crippen LogP contribution in [-0.2, 0) is 0 Å². The normalized spacial score (nSPS) is 10.3. The number of nitrogens with zero attached hydrogens (tertiary/aromatic N) is 2. The first-order chi connectivity index (χ1) is 7.20. The number of imidazole rings is 1. The number of aryl methyl sites for hydroxylation is 1. The zero-order valence-corrected chi connectivity index (χ0v) is 7.99. The molecule has 0 aliphatic carbocycles. The molecule has 0 fully saturated rings. The van der Waals surface area contributed by atoms with E-state index in [-0.39, 0.29) is 5.82 Å². The van der Waals surface area contributed by atoms with Gasteiger partial charge in [-0.2, -0.15) is 0 Å². The molecule has 0 bridgehead atoms. The highest BCUT2D eigenvalue weighted by atomic mass is 19.1. The number of nitrogens with one attached hydrogen (secondary N) is 1. The number of aldehydes is 1. The van der Waals surface area contributed by atoms with Crippen molar-refractivity contribution in [1.82, 2.24) is 15.0 Å². The van der Waals surface area contributed by atoms with Crippen molar-refractivity contribution in [2.24, 2.45) is 0 Å². The zero-order valence-electron chi connectivity index (χ0n) is 7.99. The van der Waals surface area contributed by atoms with Gasteiger partial charge in [-0.1, -0.05) is 0 Å². The summed E-state index contributed by atoms with van der Waals surface area (Å²) >= 11 is 0. The summed E-state index contributed by atoms with van der Waals surface area (Å²) in [6.45, 7) is 1.78. The van der Waals surface area contributed by atoms with Crippen molar-refractivity contribution in [1.29, 1.82) is 0 Å². The average Bonchev–Trinajstić information content (AvgIpc) is 2.61. The number of hydrogen-bond donors (Lipinski definition) is 1. The fourth-order valence-electron chi connectivity index (χ4n) is 1.30. The van der Waals surface area contributed by atoms with Gasteiger partial charge in [-0.15, -0.1) is 0 Å². The van der Waals surface area contributed by atoms with Gasteiger partial charge >= 0.3 is 0 Å². The van der Waals surface area contributed by atoms with Crippen molar-refractivity contribution in [3.05, 3.63) is 35.7 Å². The van der Waals surface area contributed by atoms with Crippen LogP contribution in [0.1, 0.15) is 16.3 Å². The molecule has 2 aromatic rings. The molecule has 0 saturated carbocycles. The van der Waals surface area contributed by atoms with E-state index in [0.29, 0.717) is 17.7 Å². The van der Waals surface area contributed by atoms with E-state index in [4.69, 9.17) is 0 Å². The lowest BCUT2D eigenvalue weighted by Crippen LogP contribution is -1.87. The molecule has 0 unspecified atom stereocenters. The zero-order chi connectivity index (χ0) is 10.8. The van der Waals surface area contributed by atoms with Crippen LogP contribution in [0.15, 0.2) is 18.3 Å². The first-order valence-electron chi connectivity index (χ1n) is 4.34. The van der Waals surface area contributed by atoms with Crippen LogP contribution < -0.4 is 0 Å². The van der Waals surface area contributed by atoms with Gasteiger partial charge < -0.3 is 4.98 Å². The summed E-state index contributed by atoms with van der Waals surface area (Å²) in [5.41, 5.74) is 1.84. The Morgan fingerprint density at radius 3 is 2.80 bits per heavy atom. The van der Waals surface area contributed by atoms with Gasteiger partial charge in [0.2, 0.25) is 0 Å². The summed E-state index contributed by atoms with van der Waals surface area (Å²) in [6, 6.07) is 2.82. The smallest absolute Gasteiger partial charge is 0.185 e. The molecule has 76 valence electrons. The van der Waals surface area contributed by atoms with Gasteiger partial charge in [-0.25, -0.2) is 9.37 Å². The van der Waals surface area contributed by atoms with Crippen molar-refractivity contribution in [3.8, 4) is 11.4 Å². The van der Waals surface area contributed by atoms with E-state index in [1.165, 1.54) is 12.1 Å². The van der Waals surface area contributed by atoms with Crippen molar-refractivity contribution in [2.75, 3.05) is 0 Å². The number of pyridine rings is 1. The lowest BCUT2D eigenvalue weighted by Gasteiger charge is -1.96. The second kappa shape index (κ2) is 3.61. The van der Waals surface area contributed by atoms with E-state index in [1.54, 1.807) is 6.92 Å². The van der Waals surface area contributed by atoms with E-state index < -0.39 is 5.82 Å². The monoisotopic (exact) mass is 205 g/mol. The first kappa shape index (κ1) is 9.51. The van der Waals surface area contributed by atoms with Crippen LogP contribution in [-0.4, -0.2) is 21.2 Å². The summed E-state index contributed by atoms with van der Waals surface area (Å²) in [4.78, 5) is 21.2. The largest absolute Gasteiger partial charge is 0.339 e. The summed E-state index contributed by atoms with van der Waals surface area (Å²) in [5.74, 6) is -0.156. The molecule has 0 aliphatic heterocycles. The molecule has 5 heteroatoms. The summed E-state index contributed by atoms with van der Waals surface area (Å²) in [5, 5.41) is 0. The number of H-pyrrole nitrogens is 1. The van der Waals surface area contributed by atoms with E-state index in [1.807, 2.05) is 0 Å². The number of aromatic amines is 1. The standard InChI is InChI=1S/C10H8FN3O/c1-6-10(14-9(5-15)13-6)8-3-2-7(11)4-12-8/h2-5H,1H3,(H,13,14). The minimum atomic E-state index is -0.400. The molecular weight excluding hydrogens is 197 g/mol. The Kier molecular flexibility index (Phi) is 2.29. The van der Waals surface area contributed by atoms with Crippen LogP contribution >= 0.6 is 0 Å². The third kappa shape index (κ3) is 1.76. The average molecular weight is 205 g/mol. The lowest BCUT2D eigenvalue weighted by molar-refractivity contribution is 0.111. The topological polar surface area (TPSA) is 58.6 Å². The fraction of sp³-hybridized carbons (Fsp3) is 0.100. The molecule has 2 heterocycles. The van der Waals surface area contributed by atoms with Gasteiger partial charge in [0.1, 0.15) is 11.5 Å². The number of rotatable bonds is 2. The highest BCUT2D eigenvalue weighted by Gasteiger charge is 2.09. The number of halogens is 1. The number of carbonyl (C=O) groups excluding carboxylic acids is 1. The maximum absolute atomic E-state index is 12.6. The van der Waals surface area contributed by atoms with Crippen LogP contribution in [0.2, 0.25) is 0 Å². The molecule has 2 aromatic heterocycles. The van der Waals surface area contributed by atoms with Gasteiger partial charge in [-0.3, -0.25) is 9.78 Å². The van der Waals surface area contributed by atoms with E-state index >= 15 is 0 Å². The minimum absolute atomic E-state index is 0.244. The number of carbonyl (C=O) groups is 1. The van der Waals surface area contributed by atoms with Gasteiger partial charge in [0.05, 0.1) is 11.9 Å². The summed E-state index contributed by atoms with van der Waals surface area (Å²) in [7, 11) is 0. The molecule has 0 aromatic carbocycles. The third-order valence-corrected chi connectivity index (χ3v) is 1.98. The number of hydrogen-bond acceptors (Lipinski definition) is 3. The predicted molar refractivity (Wildman–Crippen MR) is 51.9 cm³/mol. The Balaban J connectivity index is 2.48. The van der Waals surface area contributed by atoms with Gasteiger partial charge in [-0.05, 0) is 19.1 Å². The molecule has 0 radical (unpaired) electrons. The lowest BCUT2D eigenvalue weighted by atomic mass is 10.2. The van der Waals surface area contributed by atoms with Gasteiger partial charge in [0.25, 0.3) is 0 Å². The maximum atomic E-state index is 12.6. The predicted octanol–water partition coefficient (Wildman–Crippen LogP) is 1.73. The Morgan fingerprint density at radius 1 is 1.47 bits per heavy atom. The second-order valence-electron chi connectivity index (χ2n) is 3.08. The van der Waals surface area contributed by atoms with E-state index in [9.17, 15) is 9.18 Å². The Morgan fingerprint density at radius 2 is 2.27 bits per heavy atom. The molecule has 4 nitrogen and oxygen atoms in total. The Bertz CT molecular complexity index is 490. The molecule has 0 spiro atoms. The van der Waals surface area contributed by atoms with Crippen molar-refractivity contribution in [3.63, 3.8) is 0 Å². The van der Waals surface area contributed by atoms with Crippen LogP contribution in [0.25, 0.3) is 11.4 Å². The SMILES string of the molecule is Cc1[nH]c(C=O)nc1-c1ccc(F)cn1. The molecule has 0 amide bonds.